The van der Waals surface area contributed by atoms with Gasteiger partial charge in [-0.25, -0.2) is 0 Å². The summed E-state index contributed by atoms with van der Waals surface area (Å²) in [5.41, 5.74) is 0. The van der Waals surface area contributed by atoms with E-state index < -0.39 is 26.6 Å². The molecule has 6 aromatic carbocycles. The fourth-order valence-corrected chi connectivity index (χ4v) is 24.4. The van der Waals surface area contributed by atoms with Crippen LogP contribution in [-0.2, 0) is 39.9 Å². The Morgan fingerprint density at radius 3 is 0.769 bits per heavy atom. The fraction of sp³-hybridized carbons (Fsp3) is 0.0476. The Balaban J connectivity index is 0.000000738. The van der Waals surface area contributed by atoms with Crippen molar-refractivity contribution in [2.45, 2.75) is 12.1 Å². The van der Waals surface area contributed by atoms with E-state index in [0.717, 1.165) is 0 Å². The first-order valence-corrected chi connectivity index (χ1v) is 24.4. The van der Waals surface area contributed by atoms with Gasteiger partial charge in [-0.2, -0.15) is 0 Å². The summed E-state index contributed by atoms with van der Waals surface area (Å²) in [4.78, 5) is 0. The maximum atomic E-state index is 16.6. The van der Waals surface area contributed by atoms with E-state index in [1.807, 2.05) is 188 Å². The smallest absolute Gasteiger partial charge is 0.161 e. The zero-order chi connectivity index (χ0) is 34.2. The van der Waals surface area contributed by atoms with Crippen molar-refractivity contribution in [2.75, 3.05) is 0 Å². The van der Waals surface area contributed by atoms with E-state index in [0.29, 0.717) is 31.8 Å². The molecule has 0 saturated heterocycles. The van der Waals surface area contributed by atoms with Crippen LogP contribution in [0.1, 0.15) is 6.92 Å². The van der Waals surface area contributed by atoms with Crippen molar-refractivity contribution in [1.29, 1.82) is 0 Å². The van der Waals surface area contributed by atoms with Crippen LogP contribution in [0, 0.1) is 6.08 Å². The van der Waals surface area contributed by atoms with Crippen molar-refractivity contribution in [3.63, 3.8) is 0 Å². The molecule has 0 unspecified atom stereocenters. The summed E-state index contributed by atoms with van der Waals surface area (Å²) >= 11 is -0.136. The third kappa shape index (κ3) is 9.17. The molecule has 6 aromatic rings. The Bertz CT molecular complexity index is 1830. The van der Waals surface area contributed by atoms with Crippen molar-refractivity contribution >= 4 is 99.7 Å². The van der Waals surface area contributed by atoms with Crippen molar-refractivity contribution in [2.24, 2.45) is 0 Å². The predicted molar refractivity (Wildman–Crippen MR) is 226 cm³/mol. The van der Waals surface area contributed by atoms with Crippen LogP contribution in [0.2, 0.25) is 0 Å². The summed E-state index contributed by atoms with van der Waals surface area (Å²) in [5.74, 6) is 0. The average molecular weight is 969 g/mol. The van der Waals surface area contributed by atoms with E-state index in [4.69, 9.17) is 0 Å². The van der Waals surface area contributed by atoms with Crippen molar-refractivity contribution in [1.82, 2.24) is 0 Å². The summed E-state index contributed by atoms with van der Waals surface area (Å²) in [5, 5.41) is 1.80. The van der Waals surface area contributed by atoms with E-state index in [1.165, 1.54) is 3.52 Å². The molecule has 3 nitrogen and oxygen atoms in total. The molecular weight excluding hydrogens is 929 g/mol. The monoisotopic (exact) mass is 965 g/mol. The number of allylic oxidation sites excluding steroid dienone is 3. The molecule has 0 atom stereocenters. The van der Waals surface area contributed by atoms with Gasteiger partial charge >= 0.3 is 48.2 Å². The van der Waals surface area contributed by atoms with E-state index in [-0.39, 0.29) is 72.6 Å². The second-order valence-electron chi connectivity index (χ2n) is 11.6. The molecule has 0 spiro atoms. The summed E-state index contributed by atoms with van der Waals surface area (Å²) in [7, 11) is -11.9. The SMILES string of the molecule is C[C]1=[C-]C=[CH][SbH]1.Cl.Cl.O=P(c1ccccc1)(c1ccccc1)C(P(=O)(c1ccccc1)c1ccccc1)P(=O)(c1ccccc1)c1ccccc1.[Zr]. The quantitative estimate of drug-likeness (QED) is 0.0828. The van der Waals surface area contributed by atoms with Crippen LogP contribution < -0.4 is 31.8 Å². The van der Waals surface area contributed by atoms with Gasteiger partial charge in [0.1, 0.15) is 5.14 Å². The molecule has 0 amide bonds. The first-order chi connectivity index (χ1) is 23.9. The molecule has 0 saturated carbocycles. The molecule has 0 radical (unpaired) electrons. The molecule has 1 aliphatic rings. The van der Waals surface area contributed by atoms with Gasteiger partial charge in [-0.1, -0.05) is 182 Å². The van der Waals surface area contributed by atoms with Gasteiger partial charge in [0.25, 0.3) is 0 Å². The average Bonchev–Trinajstić information content (AvgIpc) is 3.67. The first-order valence-electron chi connectivity index (χ1n) is 16.0. The largest absolute Gasteiger partial charge is 0.312 e. The third-order valence-corrected chi connectivity index (χ3v) is 25.3. The van der Waals surface area contributed by atoms with Gasteiger partial charge in [-0.3, -0.25) is 0 Å². The second-order valence-corrected chi connectivity index (χ2v) is 25.3. The van der Waals surface area contributed by atoms with Crippen molar-refractivity contribution in [3.8, 4) is 0 Å². The number of hydrogen-bond donors (Lipinski definition) is 0. The van der Waals surface area contributed by atoms with Crippen molar-refractivity contribution in [3.05, 3.63) is 202 Å². The number of halogens is 2. The molecule has 1 heterocycles. The zero-order valence-electron chi connectivity index (χ0n) is 28.4. The Kier molecular flexibility index (Phi) is 17.4. The Labute approximate surface area is 350 Å². The van der Waals surface area contributed by atoms with Crippen LogP contribution in [-0.4, -0.2) is 26.8 Å². The van der Waals surface area contributed by atoms with Crippen LogP contribution in [0.4, 0.5) is 0 Å². The van der Waals surface area contributed by atoms with Crippen molar-refractivity contribution < 1.29 is 39.9 Å². The van der Waals surface area contributed by atoms with Crippen LogP contribution in [0.25, 0.3) is 0 Å². The first kappa shape index (κ1) is 44.2. The molecule has 10 heteroatoms. The minimum atomic E-state index is -3.97. The molecule has 0 fully saturated rings. The zero-order valence-corrected chi connectivity index (χ0v) is 38.1. The predicted octanol–water partition coefficient (Wildman–Crippen LogP) is 8.81. The molecule has 0 bridgehead atoms. The Hall–Kier alpha value is -2.23. The number of hydrogen-bond acceptors (Lipinski definition) is 3. The summed E-state index contributed by atoms with van der Waals surface area (Å²) in [6.07, 6.45) is 5.17. The molecule has 7 rings (SSSR count). The Morgan fingerprint density at radius 2 is 0.635 bits per heavy atom. The molecule has 52 heavy (non-hydrogen) atoms. The van der Waals surface area contributed by atoms with E-state index in [2.05, 4.69) is 17.0 Å². The minimum Gasteiger partial charge on any atom is -0.312 e. The maximum Gasteiger partial charge on any atom is 0.161 e. The number of rotatable bonds is 9. The molecule has 0 aromatic heterocycles. The van der Waals surface area contributed by atoms with Crippen LogP contribution >= 0.6 is 46.2 Å². The van der Waals surface area contributed by atoms with Gasteiger partial charge in [0.15, 0.2) is 21.4 Å². The second kappa shape index (κ2) is 20.5. The van der Waals surface area contributed by atoms with Crippen LogP contribution in [0.15, 0.2) is 196 Å². The molecule has 264 valence electrons. The summed E-state index contributed by atoms with van der Waals surface area (Å²) < 4.78 is 53.5. The summed E-state index contributed by atoms with van der Waals surface area (Å²) in [6.45, 7) is 2.16. The number of benzene rings is 6. The van der Waals surface area contributed by atoms with Gasteiger partial charge in [0.05, 0.1) is 0 Å². The maximum absolute atomic E-state index is 16.6. The van der Waals surface area contributed by atoms with E-state index >= 15 is 13.7 Å². The fourth-order valence-electron chi connectivity index (χ4n) is 6.21. The third-order valence-electron chi connectivity index (χ3n) is 8.50. The van der Waals surface area contributed by atoms with Crippen LogP contribution in [0.3, 0.4) is 0 Å². The molecular formula is C42H39Cl2O3P3SbZr-. The van der Waals surface area contributed by atoms with Gasteiger partial charge in [-0.05, 0) is 0 Å². The molecule has 0 N–H and O–H groups in total. The summed E-state index contributed by atoms with van der Waals surface area (Å²) in [6, 6.07) is 55.2. The van der Waals surface area contributed by atoms with Crippen LogP contribution in [0.5, 0.6) is 0 Å². The van der Waals surface area contributed by atoms with E-state index in [9.17, 15) is 0 Å². The molecule has 0 aliphatic carbocycles. The molecule has 1 aliphatic heterocycles. The minimum absolute atomic E-state index is 0. The van der Waals surface area contributed by atoms with Gasteiger partial charge in [0.2, 0.25) is 0 Å². The standard InChI is InChI=1S/C37H31O3P3.C5H5.2ClH.Sb.Zr.H/c38-41(31-19-7-1-8-20-31,32-21-9-2-10-22-32)37(42(39,33-23-11-3-12-24-33)34-25-13-4-14-26-34)43(40,35-27-15-5-16-28-35)36-29-17-6-18-30-36;1-3-5-4-2;;;;;/h1-30,37H;1,3H,2H3;2*1H;;;/q;-1;;;;;. The van der Waals surface area contributed by atoms with E-state index in [1.54, 1.807) is 0 Å². The topological polar surface area (TPSA) is 51.2 Å². The normalized spacial score (nSPS) is 12.2. The Morgan fingerprint density at radius 1 is 0.423 bits per heavy atom. The van der Waals surface area contributed by atoms with Gasteiger partial charge < -0.3 is 13.7 Å². The van der Waals surface area contributed by atoms with Gasteiger partial charge in [0, 0.05) is 58.0 Å². The van der Waals surface area contributed by atoms with Gasteiger partial charge in [-0.15, -0.1) is 24.8 Å².